The molecular formula is C40H39FN6O7S2. The van der Waals surface area contributed by atoms with E-state index >= 15 is 0 Å². The average molecular weight is 799 g/mol. The molecular weight excluding hydrogens is 760 g/mol. The second kappa shape index (κ2) is 19.0. The summed E-state index contributed by atoms with van der Waals surface area (Å²) in [6.07, 6.45) is 9.40. The number of rotatable bonds is 18. The molecule has 0 saturated carbocycles. The van der Waals surface area contributed by atoms with Gasteiger partial charge < -0.3 is 15.3 Å². The molecule has 1 aliphatic heterocycles. The van der Waals surface area contributed by atoms with Crippen LogP contribution in [0.5, 0.6) is 5.75 Å². The van der Waals surface area contributed by atoms with Crippen molar-refractivity contribution in [3.8, 4) is 35.3 Å². The largest absolute Gasteiger partial charge is 0.508 e. The number of nitrogens with zero attached hydrogens (tertiary/aromatic N) is 4. The molecule has 5 rings (SSSR count). The minimum atomic E-state index is -3.94. The number of aromatic hydroxyl groups is 1. The van der Waals surface area contributed by atoms with Crippen LogP contribution >= 0.6 is 11.3 Å². The predicted octanol–water partition coefficient (Wildman–Crippen LogP) is 5.77. The zero-order valence-electron chi connectivity index (χ0n) is 30.2. The van der Waals surface area contributed by atoms with Gasteiger partial charge in [0.05, 0.1) is 11.8 Å². The third-order valence-corrected chi connectivity index (χ3v) is 11.6. The first-order valence-corrected chi connectivity index (χ1v) is 20.3. The van der Waals surface area contributed by atoms with Crippen molar-refractivity contribution in [2.45, 2.75) is 57.5 Å². The van der Waals surface area contributed by atoms with Crippen LogP contribution in [0.15, 0.2) is 72.2 Å². The number of phenols is 1. The number of amides is 4. The fourth-order valence-electron chi connectivity index (χ4n) is 6.23. The van der Waals surface area contributed by atoms with E-state index in [-0.39, 0.29) is 41.1 Å². The number of terminal acetylenes is 1. The molecule has 1 atom stereocenters. The quantitative estimate of drug-likeness (QED) is 0.0638. The van der Waals surface area contributed by atoms with Crippen LogP contribution in [0.3, 0.4) is 0 Å². The van der Waals surface area contributed by atoms with E-state index in [4.69, 9.17) is 11.7 Å². The Hall–Kier alpha value is -6.10. The minimum Gasteiger partial charge on any atom is -0.508 e. The number of carbonyl (C=O) groups is 4. The Morgan fingerprint density at radius 2 is 1.79 bits per heavy atom. The first kappa shape index (κ1) is 41.1. The van der Waals surface area contributed by atoms with Gasteiger partial charge in [-0.05, 0) is 72.4 Å². The second-order valence-corrected chi connectivity index (χ2v) is 15.8. The number of phenolic OH excluding ortho intramolecular Hbond substituents is 1. The summed E-state index contributed by atoms with van der Waals surface area (Å²) < 4.78 is 40.3. The summed E-state index contributed by atoms with van der Waals surface area (Å²) in [4.78, 5) is 57.9. The fraction of sp³-hybridized carbons (Fsp3) is 0.300. The molecule has 0 spiro atoms. The zero-order valence-corrected chi connectivity index (χ0v) is 31.9. The fourth-order valence-corrected chi connectivity index (χ4v) is 8.21. The van der Waals surface area contributed by atoms with Crippen LogP contribution < -0.4 is 10.6 Å². The highest BCUT2D eigenvalue weighted by molar-refractivity contribution is 7.89. The van der Waals surface area contributed by atoms with Crippen molar-refractivity contribution in [1.29, 1.82) is 5.26 Å². The van der Waals surface area contributed by atoms with Crippen molar-refractivity contribution >= 4 is 50.1 Å². The molecule has 3 N–H and O–H groups in total. The number of anilines is 1. The lowest BCUT2D eigenvalue weighted by Gasteiger charge is -2.27. The van der Waals surface area contributed by atoms with Crippen molar-refractivity contribution in [3.63, 3.8) is 0 Å². The van der Waals surface area contributed by atoms with Crippen LogP contribution in [0.1, 0.15) is 82.8 Å². The Balaban J connectivity index is 1.14. The lowest BCUT2D eigenvalue weighted by Crippen LogP contribution is -2.38. The number of carbonyl (C=O) groups excluding carboxylic acids is 4. The van der Waals surface area contributed by atoms with E-state index in [1.807, 2.05) is 6.07 Å². The van der Waals surface area contributed by atoms with Crippen LogP contribution in [0, 0.1) is 29.5 Å². The number of benzene rings is 3. The van der Waals surface area contributed by atoms with E-state index in [2.05, 4.69) is 21.5 Å². The van der Waals surface area contributed by atoms with Gasteiger partial charge in [-0.15, -0.1) is 23.7 Å². The summed E-state index contributed by atoms with van der Waals surface area (Å²) in [7, 11) is -3.94. The molecule has 3 aromatic carbocycles. The van der Waals surface area contributed by atoms with E-state index in [0.29, 0.717) is 71.6 Å². The average Bonchev–Trinajstić information content (AvgIpc) is 3.81. The zero-order chi connectivity index (χ0) is 40.2. The lowest BCUT2D eigenvalue weighted by molar-refractivity contribution is -0.126. The number of aromatic nitrogens is 1. The number of fused-ring (bicyclic) bond motifs is 1. The van der Waals surface area contributed by atoms with Gasteiger partial charge in [-0.25, -0.2) is 22.1 Å². The van der Waals surface area contributed by atoms with Gasteiger partial charge in [0.15, 0.2) is 5.13 Å². The van der Waals surface area contributed by atoms with Crippen LogP contribution in [-0.4, -0.2) is 70.2 Å². The molecule has 1 aromatic heterocycles. The number of nitrogens with one attached hydrogen (secondary N) is 2. The molecule has 1 unspecified atom stereocenters. The molecule has 4 amide bonds. The van der Waals surface area contributed by atoms with Crippen LogP contribution in [0.2, 0.25) is 0 Å². The van der Waals surface area contributed by atoms with Crippen molar-refractivity contribution in [2.75, 3.05) is 24.2 Å². The summed E-state index contributed by atoms with van der Waals surface area (Å²) >= 11 is 1.17. The van der Waals surface area contributed by atoms with Crippen LogP contribution in [-0.2, 0) is 26.2 Å². The molecule has 16 heteroatoms. The van der Waals surface area contributed by atoms with Crippen molar-refractivity contribution in [1.82, 2.24) is 19.5 Å². The maximum absolute atomic E-state index is 14.3. The van der Waals surface area contributed by atoms with Crippen molar-refractivity contribution in [3.05, 3.63) is 100 Å². The SMILES string of the molecule is C#CCCCC(=O)N(CC#N)S(=O)(=O)CCCCCCNC(=O)c1ccc(-c2ccc3c(c2)C(=O)N(C(C(=O)Nc2nccs2)c2cc(F)ccc2O)C3)cc1. The molecule has 0 radical (unpaired) electrons. The van der Waals surface area contributed by atoms with Gasteiger partial charge in [0.25, 0.3) is 17.7 Å². The van der Waals surface area contributed by atoms with Gasteiger partial charge in [0.2, 0.25) is 15.9 Å². The molecule has 0 fully saturated rings. The Morgan fingerprint density at radius 3 is 2.50 bits per heavy atom. The molecule has 0 bridgehead atoms. The topological polar surface area (TPSA) is 190 Å². The normalized spacial score (nSPS) is 12.6. The smallest absolute Gasteiger partial charge is 0.255 e. The van der Waals surface area contributed by atoms with E-state index in [9.17, 15) is 37.1 Å². The van der Waals surface area contributed by atoms with Gasteiger partial charge >= 0.3 is 0 Å². The lowest BCUT2D eigenvalue weighted by atomic mass is 9.99. The number of halogens is 1. The maximum Gasteiger partial charge on any atom is 0.255 e. The first-order valence-electron chi connectivity index (χ1n) is 17.8. The highest BCUT2D eigenvalue weighted by Gasteiger charge is 2.39. The molecule has 4 aromatic rings. The maximum atomic E-state index is 14.3. The Morgan fingerprint density at radius 1 is 1.04 bits per heavy atom. The van der Waals surface area contributed by atoms with Gasteiger partial charge in [-0.3, -0.25) is 24.5 Å². The predicted molar refractivity (Wildman–Crippen MR) is 208 cm³/mol. The summed E-state index contributed by atoms with van der Waals surface area (Å²) in [6, 6.07) is 15.7. The molecule has 0 saturated heterocycles. The Labute approximate surface area is 328 Å². The standard InChI is InChI=1S/C40H39FN6O7S2/c1-2-3-6-9-35(49)47(21-18-42)56(53,54)23-8-5-4-7-19-43-37(50)28-12-10-27(11-13-28)29-14-15-30-26-46(39(52)32(30)24-29)36(33-25-31(41)16-17-34(33)48)38(51)45-40-44-20-22-55-40/h1,10-17,20,22,24-25,36,48H,3-9,19,21,23,26H2,(H,43,50)(H,44,45,51). The number of sulfonamides is 1. The summed E-state index contributed by atoms with van der Waals surface area (Å²) in [5.74, 6) is -0.974. The third-order valence-electron chi connectivity index (χ3n) is 9.08. The van der Waals surface area contributed by atoms with Gasteiger partial charge in [-0.1, -0.05) is 37.1 Å². The van der Waals surface area contributed by atoms with Gasteiger partial charge in [0.1, 0.15) is 24.2 Å². The summed E-state index contributed by atoms with van der Waals surface area (Å²) in [6.45, 7) is -0.144. The number of unbranched alkanes of at least 4 members (excludes halogenated alkanes) is 4. The highest BCUT2D eigenvalue weighted by atomic mass is 32.2. The molecule has 1 aliphatic rings. The van der Waals surface area contributed by atoms with E-state index in [1.54, 1.807) is 47.8 Å². The Kier molecular flexibility index (Phi) is 13.9. The number of nitriles is 1. The third kappa shape index (κ3) is 10.1. The number of thiazole rings is 1. The number of hydrogen-bond donors (Lipinski definition) is 3. The molecule has 2 heterocycles. The van der Waals surface area contributed by atoms with E-state index in [1.165, 1.54) is 22.4 Å². The van der Waals surface area contributed by atoms with Crippen molar-refractivity contribution in [2.24, 2.45) is 0 Å². The molecule has 13 nitrogen and oxygen atoms in total. The van der Waals surface area contributed by atoms with Gasteiger partial charge in [-0.2, -0.15) is 5.26 Å². The van der Waals surface area contributed by atoms with Crippen LogP contribution in [0.4, 0.5) is 9.52 Å². The summed E-state index contributed by atoms with van der Waals surface area (Å²) in [5.41, 5.74) is 2.75. The van der Waals surface area contributed by atoms with E-state index in [0.717, 1.165) is 23.8 Å². The van der Waals surface area contributed by atoms with E-state index < -0.39 is 46.1 Å². The summed E-state index contributed by atoms with van der Waals surface area (Å²) in [5, 5.41) is 27.1. The first-order chi connectivity index (χ1) is 26.9. The monoisotopic (exact) mass is 798 g/mol. The molecule has 56 heavy (non-hydrogen) atoms. The van der Waals surface area contributed by atoms with Crippen LogP contribution in [0.25, 0.3) is 11.1 Å². The Bertz CT molecular complexity index is 2270. The molecule has 290 valence electrons. The number of hydrogen-bond acceptors (Lipinski definition) is 10. The minimum absolute atomic E-state index is 0.0364. The highest BCUT2D eigenvalue weighted by Crippen LogP contribution is 2.38. The van der Waals surface area contributed by atoms with Crippen molar-refractivity contribution < 1.29 is 37.1 Å². The molecule has 0 aliphatic carbocycles. The van der Waals surface area contributed by atoms with Gasteiger partial charge in [0, 0.05) is 54.2 Å². The second-order valence-electron chi connectivity index (χ2n) is 12.9.